The van der Waals surface area contributed by atoms with Crippen LogP contribution in [0.3, 0.4) is 0 Å². The van der Waals surface area contributed by atoms with E-state index in [-0.39, 0.29) is 16.2 Å². The molecule has 0 fully saturated rings. The summed E-state index contributed by atoms with van der Waals surface area (Å²) in [7, 11) is -3.58. The van der Waals surface area contributed by atoms with Gasteiger partial charge in [-0.3, -0.25) is 0 Å². The molecule has 0 bridgehead atoms. The third-order valence-corrected chi connectivity index (χ3v) is 4.23. The maximum atomic E-state index is 11.9. The van der Waals surface area contributed by atoms with Crippen molar-refractivity contribution in [1.82, 2.24) is 9.71 Å². The Labute approximate surface area is 119 Å². The van der Waals surface area contributed by atoms with Crippen molar-refractivity contribution in [3.63, 3.8) is 0 Å². The predicted octanol–water partition coefficient (Wildman–Crippen LogP) is 2.22. The maximum absolute atomic E-state index is 11.9. The van der Waals surface area contributed by atoms with E-state index in [1.807, 2.05) is 13.8 Å². The van der Waals surface area contributed by atoms with Gasteiger partial charge in [-0.25, -0.2) is 18.1 Å². The second-order valence-corrected chi connectivity index (χ2v) is 6.41. The highest BCUT2D eigenvalue weighted by molar-refractivity contribution is 7.89. The molecule has 0 unspecified atom stereocenters. The number of rotatable bonds is 8. The Hall–Kier alpha value is -0.690. The lowest BCUT2D eigenvalue weighted by Crippen LogP contribution is -2.25. The van der Waals surface area contributed by atoms with E-state index in [2.05, 4.69) is 9.71 Å². The van der Waals surface area contributed by atoms with Gasteiger partial charge in [0.25, 0.3) is 0 Å². The average molecular weight is 307 g/mol. The molecule has 1 aromatic heterocycles. The van der Waals surface area contributed by atoms with Gasteiger partial charge >= 0.3 is 0 Å². The summed E-state index contributed by atoms with van der Waals surface area (Å²) < 4.78 is 31.7. The van der Waals surface area contributed by atoms with Crippen molar-refractivity contribution in [2.75, 3.05) is 13.2 Å². The maximum Gasteiger partial charge on any atom is 0.243 e. The Balaban J connectivity index is 2.38. The summed E-state index contributed by atoms with van der Waals surface area (Å²) in [6, 6.07) is 2.97. The first-order valence-electron chi connectivity index (χ1n) is 6.15. The third kappa shape index (κ3) is 5.86. The number of halogens is 1. The minimum Gasteiger partial charge on any atom is -0.379 e. The van der Waals surface area contributed by atoms with E-state index in [1.54, 1.807) is 0 Å². The summed E-state index contributed by atoms with van der Waals surface area (Å²) >= 11 is 5.76. The second kappa shape index (κ2) is 7.79. The van der Waals surface area contributed by atoms with Gasteiger partial charge in [0, 0.05) is 19.3 Å². The van der Waals surface area contributed by atoms with Crippen LogP contribution in [0.4, 0.5) is 0 Å². The van der Waals surface area contributed by atoms with Gasteiger partial charge in [-0.1, -0.05) is 11.6 Å². The number of sulfonamides is 1. The summed E-state index contributed by atoms with van der Waals surface area (Å²) in [6.07, 6.45) is 3.17. The first-order valence-corrected chi connectivity index (χ1v) is 8.01. The van der Waals surface area contributed by atoms with Gasteiger partial charge in [0.05, 0.1) is 6.10 Å². The van der Waals surface area contributed by atoms with Crippen LogP contribution >= 0.6 is 11.6 Å². The summed E-state index contributed by atoms with van der Waals surface area (Å²) in [6.45, 7) is 4.92. The second-order valence-electron chi connectivity index (χ2n) is 4.32. The molecule has 0 aromatic carbocycles. The zero-order valence-corrected chi connectivity index (χ0v) is 12.7. The number of unbranched alkanes of at least 4 members (excludes halogenated alkanes) is 1. The molecule has 19 heavy (non-hydrogen) atoms. The van der Waals surface area contributed by atoms with E-state index in [0.717, 1.165) is 6.42 Å². The van der Waals surface area contributed by atoms with Gasteiger partial charge < -0.3 is 4.74 Å². The summed E-state index contributed by atoms with van der Waals surface area (Å²) in [4.78, 5) is 3.76. The molecule has 1 rings (SSSR count). The highest BCUT2D eigenvalue weighted by Gasteiger charge is 2.17. The van der Waals surface area contributed by atoms with E-state index in [9.17, 15) is 8.42 Å². The molecular weight excluding hydrogens is 288 g/mol. The van der Waals surface area contributed by atoms with Crippen LogP contribution in [-0.2, 0) is 14.8 Å². The van der Waals surface area contributed by atoms with Crippen LogP contribution in [0.1, 0.15) is 26.7 Å². The van der Waals surface area contributed by atoms with Crippen molar-refractivity contribution < 1.29 is 13.2 Å². The zero-order chi connectivity index (χ0) is 14.3. The topological polar surface area (TPSA) is 68.3 Å². The van der Waals surface area contributed by atoms with Crippen molar-refractivity contribution in [2.45, 2.75) is 37.7 Å². The number of nitrogens with zero attached hydrogens (tertiary/aromatic N) is 1. The molecular formula is C12H19ClN2O3S. The molecule has 0 spiro atoms. The fraction of sp³-hybridized carbons (Fsp3) is 0.583. The van der Waals surface area contributed by atoms with Gasteiger partial charge in [-0.15, -0.1) is 0 Å². The highest BCUT2D eigenvalue weighted by Crippen LogP contribution is 2.17. The van der Waals surface area contributed by atoms with E-state index in [4.69, 9.17) is 16.3 Å². The monoisotopic (exact) mass is 306 g/mol. The first-order chi connectivity index (χ1) is 8.93. The number of hydrogen-bond acceptors (Lipinski definition) is 4. The van der Waals surface area contributed by atoms with E-state index < -0.39 is 10.0 Å². The van der Waals surface area contributed by atoms with E-state index >= 15 is 0 Å². The Kier molecular flexibility index (Phi) is 6.71. The molecule has 0 atom stereocenters. The van der Waals surface area contributed by atoms with Crippen LogP contribution in [0, 0.1) is 0 Å². The molecule has 0 aliphatic rings. The van der Waals surface area contributed by atoms with Gasteiger partial charge in [0.15, 0.2) is 0 Å². The predicted molar refractivity (Wildman–Crippen MR) is 74.8 cm³/mol. The first kappa shape index (κ1) is 16.4. The van der Waals surface area contributed by atoms with Crippen LogP contribution in [0.15, 0.2) is 23.2 Å². The quantitative estimate of drug-likeness (QED) is 0.590. The van der Waals surface area contributed by atoms with Gasteiger partial charge in [-0.05, 0) is 38.8 Å². The molecule has 1 heterocycles. The smallest absolute Gasteiger partial charge is 0.243 e. The Morgan fingerprint density at radius 2 is 2.16 bits per heavy atom. The van der Waals surface area contributed by atoms with Crippen molar-refractivity contribution in [2.24, 2.45) is 0 Å². The molecule has 0 saturated heterocycles. The van der Waals surface area contributed by atoms with Crippen LogP contribution < -0.4 is 4.72 Å². The Morgan fingerprint density at radius 3 is 2.79 bits per heavy atom. The number of pyridine rings is 1. The van der Waals surface area contributed by atoms with Crippen molar-refractivity contribution in [3.8, 4) is 0 Å². The lowest BCUT2D eigenvalue weighted by Gasteiger charge is -2.09. The molecule has 0 amide bonds. The molecule has 1 N–H and O–H groups in total. The van der Waals surface area contributed by atoms with Crippen molar-refractivity contribution in [1.29, 1.82) is 0 Å². The largest absolute Gasteiger partial charge is 0.379 e. The van der Waals surface area contributed by atoms with Crippen LogP contribution in [-0.4, -0.2) is 32.7 Å². The van der Waals surface area contributed by atoms with Gasteiger partial charge in [-0.2, -0.15) is 0 Å². The number of nitrogens with one attached hydrogen (secondary N) is 1. The molecule has 1 aromatic rings. The lowest BCUT2D eigenvalue weighted by molar-refractivity contribution is 0.0762. The normalized spacial score (nSPS) is 12.0. The Morgan fingerprint density at radius 1 is 1.42 bits per heavy atom. The lowest BCUT2D eigenvalue weighted by atomic mass is 10.3. The molecule has 7 heteroatoms. The standard InChI is InChI=1S/C12H19ClN2O3S/c1-10(2)18-9-4-3-8-15-19(16,17)11-6-5-7-14-12(11)13/h5-7,10,15H,3-4,8-9H2,1-2H3. The molecule has 0 aliphatic heterocycles. The van der Waals surface area contributed by atoms with Crippen molar-refractivity contribution in [3.05, 3.63) is 23.5 Å². The average Bonchev–Trinajstić information content (AvgIpc) is 2.33. The zero-order valence-electron chi connectivity index (χ0n) is 11.1. The third-order valence-electron chi connectivity index (χ3n) is 2.33. The minimum atomic E-state index is -3.58. The molecule has 0 aliphatic carbocycles. The minimum absolute atomic E-state index is 0.00935. The number of aromatic nitrogens is 1. The molecule has 5 nitrogen and oxygen atoms in total. The van der Waals surface area contributed by atoms with Crippen LogP contribution in [0.25, 0.3) is 0 Å². The van der Waals surface area contributed by atoms with Gasteiger partial charge in [0.1, 0.15) is 10.0 Å². The summed E-state index contributed by atoms with van der Waals surface area (Å²) in [5.41, 5.74) is 0. The fourth-order valence-corrected chi connectivity index (χ4v) is 2.93. The summed E-state index contributed by atoms with van der Waals surface area (Å²) in [5.74, 6) is 0. The molecule has 0 saturated carbocycles. The molecule has 0 radical (unpaired) electrons. The number of hydrogen-bond donors (Lipinski definition) is 1. The Bertz CT molecular complexity index is 492. The highest BCUT2D eigenvalue weighted by atomic mass is 35.5. The van der Waals surface area contributed by atoms with E-state index in [1.165, 1.54) is 18.3 Å². The fourth-order valence-electron chi connectivity index (χ4n) is 1.40. The summed E-state index contributed by atoms with van der Waals surface area (Å²) in [5, 5.41) is -0.0156. The van der Waals surface area contributed by atoms with E-state index in [0.29, 0.717) is 19.6 Å². The van der Waals surface area contributed by atoms with Crippen molar-refractivity contribution >= 4 is 21.6 Å². The number of ether oxygens (including phenoxy) is 1. The van der Waals surface area contributed by atoms with Crippen LogP contribution in [0.2, 0.25) is 5.15 Å². The SMILES string of the molecule is CC(C)OCCCCNS(=O)(=O)c1cccnc1Cl. The van der Waals surface area contributed by atoms with Gasteiger partial charge in [0.2, 0.25) is 10.0 Å². The van der Waals surface area contributed by atoms with Crippen LogP contribution in [0.5, 0.6) is 0 Å². The molecule has 108 valence electrons.